The fraction of sp³-hybridized carbons (Fsp3) is 0.960. The molecule has 0 aromatic carbocycles. The summed E-state index contributed by atoms with van der Waals surface area (Å²) in [5.74, 6) is 1.81. The van der Waals surface area contributed by atoms with Crippen LogP contribution in [0.3, 0.4) is 0 Å². The molecule has 5 heteroatoms. The van der Waals surface area contributed by atoms with Crippen LogP contribution in [0, 0.1) is 46.3 Å². The van der Waals surface area contributed by atoms with Gasteiger partial charge in [-0.15, -0.1) is 0 Å². The van der Waals surface area contributed by atoms with Gasteiger partial charge in [0.1, 0.15) is 0 Å². The minimum absolute atomic E-state index is 0.111. The summed E-state index contributed by atoms with van der Waals surface area (Å²) in [4.78, 5) is 11.7. The topological polar surface area (TPSA) is 87.0 Å². The summed E-state index contributed by atoms with van der Waals surface area (Å²) in [7, 11) is 1.44. The molecular formula is C25H42O5. The Balaban J connectivity index is 1.58. The number of hydrogen-bond donors (Lipinski definition) is 3. The average Bonchev–Trinajstić information content (AvgIpc) is 3.06. The highest BCUT2D eigenvalue weighted by Crippen LogP contribution is 2.68. The van der Waals surface area contributed by atoms with Crippen molar-refractivity contribution in [1.82, 2.24) is 0 Å². The minimum Gasteiger partial charge on any atom is -0.469 e. The first-order valence-electron chi connectivity index (χ1n) is 12.2. The molecule has 0 heterocycles. The van der Waals surface area contributed by atoms with E-state index in [-0.39, 0.29) is 41.0 Å². The standard InChI is InChI=1S/C25H42O5/c1-14(5-8-22(29)30-4)17-6-7-18-23-19(13-21(28)25(17,18)3)24(2)10-9-16(26)11-15(24)12-20(23)27/h14-21,23,26-28H,5-13H2,1-4H3/t14-,15+,16+,17-,18+,19-,20+,21-,23-,24-,25+/m0/s1. The summed E-state index contributed by atoms with van der Waals surface area (Å²) in [5, 5.41) is 33.1. The first kappa shape index (κ1) is 22.5. The molecule has 0 bridgehead atoms. The van der Waals surface area contributed by atoms with Crippen molar-refractivity contribution in [3.63, 3.8) is 0 Å². The van der Waals surface area contributed by atoms with Gasteiger partial charge in [-0.1, -0.05) is 20.8 Å². The third-order valence-corrected chi connectivity index (χ3v) is 10.6. The minimum atomic E-state index is -0.369. The summed E-state index contributed by atoms with van der Waals surface area (Å²) >= 11 is 0. The van der Waals surface area contributed by atoms with E-state index in [2.05, 4.69) is 20.8 Å². The Bertz CT molecular complexity index is 651. The quantitative estimate of drug-likeness (QED) is 0.603. The van der Waals surface area contributed by atoms with Gasteiger partial charge >= 0.3 is 5.97 Å². The van der Waals surface area contributed by atoms with E-state index < -0.39 is 0 Å². The Hall–Kier alpha value is -0.650. The number of fused-ring (bicyclic) bond motifs is 5. The molecule has 0 amide bonds. The Morgan fingerprint density at radius 1 is 1.07 bits per heavy atom. The summed E-state index contributed by atoms with van der Waals surface area (Å²) in [6, 6.07) is 0. The predicted molar refractivity (Wildman–Crippen MR) is 114 cm³/mol. The SMILES string of the molecule is COC(=O)CC[C@H](C)[C@@H]1CC[C@@H]2[C@@H]3[C@H](O)C[C@H]4C[C@H](O)CC[C@]4(C)[C@H]3C[C@H](O)[C@@]21C. The second kappa shape index (κ2) is 8.04. The van der Waals surface area contributed by atoms with Crippen LogP contribution >= 0.6 is 0 Å². The van der Waals surface area contributed by atoms with E-state index in [1.54, 1.807) is 0 Å². The first-order chi connectivity index (χ1) is 14.1. The van der Waals surface area contributed by atoms with Crippen LogP contribution in [0.15, 0.2) is 0 Å². The number of carbonyl (C=O) groups is 1. The number of methoxy groups -OCH3 is 1. The highest BCUT2D eigenvalue weighted by Gasteiger charge is 2.65. The maximum absolute atomic E-state index is 11.7. The third kappa shape index (κ3) is 3.34. The molecule has 0 unspecified atom stereocenters. The zero-order valence-corrected chi connectivity index (χ0v) is 19.2. The lowest BCUT2D eigenvalue weighted by atomic mass is 9.43. The van der Waals surface area contributed by atoms with Crippen LogP contribution in [-0.4, -0.2) is 46.7 Å². The van der Waals surface area contributed by atoms with E-state index in [0.717, 1.165) is 51.4 Å². The third-order valence-electron chi connectivity index (χ3n) is 10.6. The molecule has 3 N–H and O–H groups in total. The van der Waals surface area contributed by atoms with Gasteiger partial charge in [-0.3, -0.25) is 4.79 Å². The van der Waals surface area contributed by atoms with Crippen LogP contribution in [0.25, 0.3) is 0 Å². The number of aliphatic hydroxyl groups excluding tert-OH is 3. The van der Waals surface area contributed by atoms with Crippen molar-refractivity contribution in [2.75, 3.05) is 7.11 Å². The van der Waals surface area contributed by atoms with Crippen molar-refractivity contribution in [3.8, 4) is 0 Å². The number of ether oxygens (including phenoxy) is 1. The van der Waals surface area contributed by atoms with Crippen molar-refractivity contribution in [2.45, 2.75) is 96.9 Å². The molecule has 4 rings (SSSR count). The average molecular weight is 423 g/mol. The van der Waals surface area contributed by atoms with Crippen LogP contribution < -0.4 is 0 Å². The van der Waals surface area contributed by atoms with E-state index in [1.165, 1.54) is 7.11 Å². The van der Waals surface area contributed by atoms with Crippen LogP contribution in [0.5, 0.6) is 0 Å². The highest BCUT2D eigenvalue weighted by atomic mass is 16.5. The van der Waals surface area contributed by atoms with Crippen molar-refractivity contribution in [1.29, 1.82) is 0 Å². The van der Waals surface area contributed by atoms with Crippen LogP contribution in [0.4, 0.5) is 0 Å². The van der Waals surface area contributed by atoms with Gasteiger partial charge in [-0.2, -0.15) is 0 Å². The molecule has 172 valence electrons. The first-order valence-corrected chi connectivity index (χ1v) is 12.2. The Morgan fingerprint density at radius 3 is 2.50 bits per heavy atom. The van der Waals surface area contributed by atoms with Crippen molar-refractivity contribution < 1.29 is 24.9 Å². The molecular weight excluding hydrogens is 380 g/mol. The zero-order valence-electron chi connectivity index (χ0n) is 19.2. The molecule has 0 aromatic rings. The Morgan fingerprint density at radius 2 is 1.80 bits per heavy atom. The van der Waals surface area contributed by atoms with Gasteiger partial charge in [0, 0.05) is 6.42 Å². The molecule has 4 aliphatic rings. The molecule has 4 fully saturated rings. The van der Waals surface area contributed by atoms with Crippen LogP contribution in [-0.2, 0) is 9.53 Å². The summed E-state index contributed by atoms with van der Waals surface area (Å²) in [5.41, 5.74) is -0.0882. The smallest absolute Gasteiger partial charge is 0.305 e. The summed E-state index contributed by atoms with van der Waals surface area (Å²) in [6.07, 6.45) is 6.60. The Labute approximate surface area is 181 Å². The van der Waals surface area contributed by atoms with Gasteiger partial charge in [-0.05, 0) is 97.7 Å². The molecule has 0 aliphatic heterocycles. The fourth-order valence-electron chi connectivity index (χ4n) is 8.78. The van der Waals surface area contributed by atoms with Crippen molar-refractivity contribution in [3.05, 3.63) is 0 Å². The molecule has 4 saturated carbocycles. The maximum Gasteiger partial charge on any atom is 0.305 e. The van der Waals surface area contributed by atoms with Crippen molar-refractivity contribution >= 4 is 5.97 Å². The summed E-state index contributed by atoms with van der Waals surface area (Å²) < 4.78 is 4.83. The molecule has 0 spiro atoms. The molecule has 5 nitrogen and oxygen atoms in total. The molecule has 30 heavy (non-hydrogen) atoms. The number of esters is 1. The molecule has 4 aliphatic carbocycles. The molecule has 0 aromatic heterocycles. The van der Waals surface area contributed by atoms with E-state index >= 15 is 0 Å². The van der Waals surface area contributed by atoms with Crippen LogP contribution in [0.2, 0.25) is 0 Å². The van der Waals surface area contributed by atoms with Gasteiger partial charge in [0.25, 0.3) is 0 Å². The van der Waals surface area contributed by atoms with Gasteiger partial charge in [0.15, 0.2) is 0 Å². The second-order valence-corrected chi connectivity index (χ2v) is 11.6. The monoisotopic (exact) mass is 422 g/mol. The normalized spacial score (nSPS) is 51.4. The zero-order chi connectivity index (χ0) is 21.8. The van der Waals surface area contributed by atoms with Crippen LogP contribution in [0.1, 0.15) is 78.6 Å². The maximum atomic E-state index is 11.7. The number of aliphatic hydroxyl groups is 3. The van der Waals surface area contributed by atoms with E-state index in [0.29, 0.717) is 36.0 Å². The lowest BCUT2D eigenvalue weighted by Crippen LogP contribution is -2.62. The van der Waals surface area contributed by atoms with Gasteiger partial charge in [-0.25, -0.2) is 0 Å². The number of carbonyl (C=O) groups excluding carboxylic acids is 1. The van der Waals surface area contributed by atoms with E-state index in [4.69, 9.17) is 4.74 Å². The van der Waals surface area contributed by atoms with Gasteiger partial charge in [0.2, 0.25) is 0 Å². The lowest BCUT2D eigenvalue weighted by Gasteiger charge is -2.63. The van der Waals surface area contributed by atoms with Crippen molar-refractivity contribution in [2.24, 2.45) is 46.3 Å². The number of hydrogen-bond acceptors (Lipinski definition) is 5. The summed E-state index contributed by atoms with van der Waals surface area (Å²) in [6.45, 7) is 6.85. The fourth-order valence-corrected chi connectivity index (χ4v) is 8.78. The molecule has 0 radical (unpaired) electrons. The predicted octanol–water partition coefficient (Wildman–Crippen LogP) is 3.54. The Kier molecular flexibility index (Phi) is 6.04. The highest BCUT2D eigenvalue weighted by molar-refractivity contribution is 5.69. The molecule has 0 saturated heterocycles. The number of rotatable bonds is 4. The second-order valence-electron chi connectivity index (χ2n) is 11.6. The molecule has 11 atom stereocenters. The largest absolute Gasteiger partial charge is 0.469 e. The van der Waals surface area contributed by atoms with Gasteiger partial charge < -0.3 is 20.1 Å². The van der Waals surface area contributed by atoms with Gasteiger partial charge in [0.05, 0.1) is 25.4 Å². The van der Waals surface area contributed by atoms with E-state index in [1.807, 2.05) is 0 Å². The lowest BCUT2D eigenvalue weighted by molar-refractivity contribution is -0.207. The van der Waals surface area contributed by atoms with E-state index in [9.17, 15) is 20.1 Å².